The molecule has 0 saturated carbocycles. The summed E-state index contributed by atoms with van der Waals surface area (Å²) in [4.78, 5) is 24.9. The van der Waals surface area contributed by atoms with Crippen molar-refractivity contribution in [3.8, 4) is 0 Å². The Labute approximate surface area is 108 Å². The van der Waals surface area contributed by atoms with Gasteiger partial charge >= 0.3 is 5.97 Å². The van der Waals surface area contributed by atoms with Gasteiger partial charge in [0, 0.05) is 26.6 Å². The molecule has 1 amide bonds. The van der Waals surface area contributed by atoms with Crippen LogP contribution < -0.4 is 0 Å². The highest BCUT2D eigenvalue weighted by atomic mass is 16.5. The molecule has 1 aliphatic heterocycles. The van der Waals surface area contributed by atoms with Crippen molar-refractivity contribution in [2.75, 3.05) is 26.8 Å². The van der Waals surface area contributed by atoms with Crippen molar-refractivity contribution in [1.82, 2.24) is 4.90 Å². The van der Waals surface area contributed by atoms with Crippen LogP contribution in [0.25, 0.3) is 0 Å². The average molecular weight is 257 g/mol. The van der Waals surface area contributed by atoms with Crippen molar-refractivity contribution in [3.63, 3.8) is 0 Å². The summed E-state index contributed by atoms with van der Waals surface area (Å²) in [5.41, 5.74) is -0.914. The normalized spacial score (nSPS) is 23.7. The number of carbonyl (C=O) groups is 2. The second kappa shape index (κ2) is 6.18. The van der Waals surface area contributed by atoms with Crippen LogP contribution in [0.3, 0.4) is 0 Å². The molecule has 1 rings (SSSR count). The number of carboxylic acid groups (broad SMARTS) is 1. The molecule has 0 aliphatic carbocycles. The predicted octanol–water partition coefficient (Wildman–Crippen LogP) is 1.37. The summed E-state index contributed by atoms with van der Waals surface area (Å²) in [6.45, 7) is 5.10. The quantitative estimate of drug-likeness (QED) is 0.780. The van der Waals surface area contributed by atoms with Crippen LogP contribution in [0.5, 0.6) is 0 Å². The van der Waals surface area contributed by atoms with E-state index in [0.29, 0.717) is 25.3 Å². The van der Waals surface area contributed by atoms with Crippen molar-refractivity contribution >= 4 is 11.9 Å². The molecular formula is C13H23NO4. The largest absolute Gasteiger partial charge is 0.481 e. The van der Waals surface area contributed by atoms with Gasteiger partial charge < -0.3 is 14.7 Å². The zero-order valence-corrected chi connectivity index (χ0v) is 11.4. The zero-order valence-electron chi connectivity index (χ0n) is 11.4. The lowest BCUT2D eigenvalue weighted by Gasteiger charge is -2.24. The van der Waals surface area contributed by atoms with Crippen LogP contribution in [0, 0.1) is 11.3 Å². The first-order chi connectivity index (χ1) is 8.41. The van der Waals surface area contributed by atoms with E-state index in [1.165, 1.54) is 7.11 Å². The molecule has 0 aromatic carbocycles. The molecule has 18 heavy (non-hydrogen) atoms. The van der Waals surface area contributed by atoms with Crippen molar-refractivity contribution < 1.29 is 19.4 Å². The van der Waals surface area contributed by atoms with Gasteiger partial charge in [-0.2, -0.15) is 0 Å². The topological polar surface area (TPSA) is 66.8 Å². The number of nitrogens with zero attached hydrogens (tertiary/aromatic N) is 1. The van der Waals surface area contributed by atoms with E-state index in [1.54, 1.807) is 4.90 Å². The molecule has 1 N–H and O–H groups in total. The Balaban J connectivity index is 2.58. The first-order valence-electron chi connectivity index (χ1n) is 6.41. The number of rotatable bonds is 6. The number of likely N-dealkylation sites (tertiary alicyclic amines) is 1. The van der Waals surface area contributed by atoms with Crippen LogP contribution in [-0.4, -0.2) is 48.7 Å². The van der Waals surface area contributed by atoms with Gasteiger partial charge in [0.1, 0.15) is 5.41 Å². The standard InChI is InChI=1S/C13H23NO4/c1-10(2)4-5-11(15)14-7-6-13(8-14,9-18-3)12(16)17/h10H,4-9H2,1-3H3,(H,16,17). The summed E-state index contributed by atoms with van der Waals surface area (Å²) >= 11 is 0. The number of aliphatic carboxylic acids is 1. The van der Waals surface area contributed by atoms with Gasteiger partial charge in [-0.15, -0.1) is 0 Å². The van der Waals surface area contributed by atoms with Crippen LogP contribution in [-0.2, 0) is 14.3 Å². The van der Waals surface area contributed by atoms with Gasteiger partial charge in [0.2, 0.25) is 5.91 Å². The fraction of sp³-hybridized carbons (Fsp3) is 0.846. The monoisotopic (exact) mass is 257 g/mol. The van der Waals surface area contributed by atoms with Gasteiger partial charge in [-0.25, -0.2) is 0 Å². The highest BCUT2D eigenvalue weighted by molar-refractivity contribution is 5.80. The van der Waals surface area contributed by atoms with E-state index >= 15 is 0 Å². The van der Waals surface area contributed by atoms with Crippen LogP contribution in [0.4, 0.5) is 0 Å². The van der Waals surface area contributed by atoms with Crippen molar-refractivity contribution in [2.24, 2.45) is 11.3 Å². The minimum Gasteiger partial charge on any atom is -0.481 e. The van der Waals surface area contributed by atoms with Crippen LogP contribution in [0.1, 0.15) is 33.1 Å². The average Bonchev–Trinajstić information content (AvgIpc) is 2.72. The molecule has 1 atom stereocenters. The minimum absolute atomic E-state index is 0.0583. The lowest BCUT2D eigenvalue weighted by Crippen LogP contribution is -2.40. The minimum atomic E-state index is -0.914. The molecule has 1 aliphatic rings. The Morgan fingerprint density at radius 3 is 2.61 bits per heavy atom. The second-order valence-electron chi connectivity index (χ2n) is 5.52. The van der Waals surface area contributed by atoms with E-state index < -0.39 is 11.4 Å². The Kier molecular flexibility index (Phi) is 5.14. The molecule has 0 radical (unpaired) electrons. The van der Waals surface area contributed by atoms with E-state index in [0.717, 1.165) is 6.42 Å². The van der Waals surface area contributed by atoms with Crippen LogP contribution in [0.2, 0.25) is 0 Å². The molecule has 1 heterocycles. The lowest BCUT2D eigenvalue weighted by atomic mass is 9.88. The summed E-state index contributed by atoms with van der Waals surface area (Å²) < 4.78 is 5.00. The summed E-state index contributed by atoms with van der Waals surface area (Å²) in [7, 11) is 1.49. The van der Waals surface area contributed by atoms with E-state index in [-0.39, 0.29) is 19.1 Å². The number of hydrogen-bond donors (Lipinski definition) is 1. The van der Waals surface area contributed by atoms with Crippen LogP contribution >= 0.6 is 0 Å². The highest BCUT2D eigenvalue weighted by Gasteiger charge is 2.46. The van der Waals surface area contributed by atoms with Gasteiger partial charge in [0.15, 0.2) is 0 Å². The fourth-order valence-corrected chi connectivity index (χ4v) is 2.29. The summed E-state index contributed by atoms with van der Waals surface area (Å²) in [6, 6.07) is 0. The van der Waals surface area contributed by atoms with E-state index in [9.17, 15) is 14.7 Å². The maximum atomic E-state index is 12.0. The van der Waals surface area contributed by atoms with Gasteiger partial charge in [-0.05, 0) is 18.8 Å². The molecule has 0 aromatic rings. The number of ether oxygens (including phenoxy) is 1. The van der Waals surface area contributed by atoms with Crippen molar-refractivity contribution in [3.05, 3.63) is 0 Å². The predicted molar refractivity (Wildman–Crippen MR) is 67.2 cm³/mol. The van der Waals surface area contributed by atoms with Crippen molar-refractivity contribution in [2.45, 2.75) is 33.1 Å². The number of carbonyl (C=O) groups excluding carboxylic acids is 1. The molecular weight excluding hydrogens is 234 g/mol. The smallest absolute Gasteiger partial charge is 0.313 e. The van der Waals surface area contributed by atoms with Gasteiger partial charge in [0.05, 0.1) is 6.61 Å². The van der Waals surface area contributed by atoms with Crippen LogP contribution in [0.15, 0.2) is 0 Å². The SMILES string of the molecule is COCC1(C(=O)O)CCN(C(=O)CCC(C)C)C1. The van der Waals surface area contributed by atoms with E-state index in [4.69, 9.17) is 4.74 Å². The van der Waals surface area contributed by atoms with Gasteiger partial charge in [-0.3, -0.25) is 9.59 Å². The van der Waals surface area contributed by atoms with Gasteiger partial charge in [-0.1, -0.05) is 13.8 Å². The number of amides is 1. The third-order valence-electron chi connectivity index (χ3n) is 3.52. The third kappa shape index (κ3) is 3.45. The first kappa shape index (κ1) is 15.0. The number of methoxy groups -OCH3 is 1. The molecule has 1 unspecified atom stereocenters. The fourth-order valence-electron chi connectivity index (χ4n) is 2.29. The van der Waals surface area contributed by atoms with Gasteiger partial charge in [0.25, 0.3) is 0 Å². The molecule has 0 bridgehead atoms. The van der Waals surface area contributed by atoms with E-state index in [2.05, 4.69) is 13.8 Å². The Morgan fingerprint density at radius 2 is 2.11 bits per heavy atom. The molecule has 0 spiro atoms. The Bertz CT molecular complexity index is 316. The maximum Gasteiger partial charge on any atom is 0.313 e. The maximum absolute atomic E-state index is 12.0. The Morgan fingerprint density at radius 1 is 1.44 bits per heavy atom. The number of carboxylic acids is 1. The second-order valence-corrected chi connectivity index (χ2v) is 5.52. The third-order valence-corrected chi connectivity index (χ3v) is 3.52. The zero-order chi connectivity index (χ0) is 13.8. The molecule has 0 aromatic heterocycles. The lowest BCUT2D eigenvalue weighted by molar-refractivity contribution is -0.151. The molecule has 1 fully saturated rings. The summed E-state index contributed by atoms with van der Waals surface area (Å²) in [6.07, 6.45) is 1.82. The summed E-state index contributed by atoms with van der Waals surface area (Å²) in [5, 5.41) is 9.29. The molecule has 5 nitrogen and oxygen atoms in total. The van der Waals surface area contributed by atoms with E-state index in [1.807, 2.05) is 0 Å². The Hall–Kier alpha value is -1.10. The van der Waals surface area contributed by atoms with Crippen molar-refractivity contribution in [1.29, 1.82) is 0 Å². The first-order valence-corrected chi connectivity index (χ1v) is 6.41. The molecule has 104 valence electrons. The molecule has 1 saturated heterocycles. The molecule has 5 heteroatoms. The number of hydrogen-bond acceptors (Lipinski definition) is 3. The highest BCUT2D eigenvalue weighted by Crippen LogP contribution is 2.31. The summed E-state index contributed by atoms with van der Waals surface area (Å²) in [5.74, 6) is -0.328.